The predicted molar refractivity (Wildman–Crippen MR) is 116 cm³/mol. The van der Waals surface area contributed by atoms with E-state index in [0.29, 0.717) is 15.8 Å². The van der Waals surface area contributed by atoms with Crippen LogP contribution in [0.25, 0.3) is 0 Å². The van der Waals surface area contributed by atoms with Crippen LogP contribution in [0.2, 0.25) is 0 Å². The zero-order valence-corrected chi connectivity index (χ0v) is 19.1. The molecule has 30 heavy (non-hydrogen) atoms. The van der Waals surface area contributed by atoms with Gasteiger partial charge in [0, 0.05) is 16.7 Å². The van der Waals surface area contributed by atoms with Crippen LogP contribution < -0.4 is 4.74 Å². The van der Waals surface area contributed by atoms with Crippen molar-refractivity contribution in [1.82, 2.24) is 0 Å². The van der Waals surface area contributed by atoms with E-state index in [1.165, 1.54) is 49.6 Å². The normalized spacial score (nSPS) is 11.9. The van der Waals surface area contributed by atoms with Crippen LogP contribution in [-0.4, -0.2) is 30.6 Å². The van der Waals surface area contributed by atoms with Gasteiger partial charge in [-0.15, -0.1) is 0 Å². The summed E-state index contributed by atoms with van der Waals surface area (Å²) in [4.78, 5) is 0. The van der Waals surface area contributed by atoms with Crippen LogP contribution >= 0.6 is 15.9 Å². The van der Waals surface area contributed by atoms with Gasteiger partial charge in [0.15, 0.2) is 5.60 Å². The van der Waals surface area contributed by atoms with E-state index in [0.717, 1.165) is 0 Å². The second kappa shape index (κ2) is 9.12. The number of methoxy groups -OCH3 is 1. The smallest absolute Gasteiger partial charge is 0.298 e. The average molecular weight is 483 g/mol. The summed E-state index contributed by atoms with van der Waals surface area (Å²) in [5.41, 5.74) is -1.08. The van der Waals surface area contributed by atoms with E-state index in [2.05, 4.69) is 15.9 Å². The third kappa shape index (κ3) is 5.36. The first-order valence-corrected chi connectivity index (χ1v) is 10.0. The van der Waals surface area contributed by atoms with Gasteiger partial charge in [-0.3, -0.25) is 10.8 Å². The largest absolute Gasteiger partial charge is 0.481 e. The maximum atomic E-state index is 15.0. The van der Waals surface area contributed by atoms with Gasteiger partial charge in [0.05, 0.1) is 17.7 Å². The SMILES string of the molecule is COC(=N)c1ccc(C(F)(F)c2ccc(OC(C)(C)C(=N)OC(C)C)c(Br)c2)cc1. The standard InChI is InChI=1S/C22H25BrF2N2O3/c1-13(2)29-20(27)21(3,4)30-18-11-10-16(12-17(18)23)22(24,25)15-8-6-14(7-9-15)19(26)28-5/h6-13,26-27H,1-5H3. The molecule has 0 aliphatic carbocycles. The van der Waals surface area contributed by atoms with Gasteiger partial charge in [-0.1, -0.05) is 12.1 Å². The van der Waals surface area contributed by atoms with Gasteiger partial charge in [0.2, 0.25) is 11.8 Å². The van der Waals surface area contributed by atoms with Crippen LogP contribution in [0.5, 0.6) is 5.75 Å². The molecular formula is C22H25BrF2N2O3. The van der Waals surface area contributed by atoms with Gasteiger partial charge >= 0.3 is 0 Å². The molecule has 0 saturated heterocycles. The highest BCUT2D eigenvalue weighted by molar-refractivity contribution is 9.10. The van der Waals surface area contributed by atoms with Gasteiger partial charge < -0.3 is 14.2 Å². The Bertz CT molecular complexity index is 928. The van der Waals surface area contributed by atoms with Crippen molar-refractivity contribution in [3.8, 4) is 5.75 Å². The van der Waals surface area contributed by atoms with Crippen LogP contribution in [0.3, 0.4) is 0 Å². The second-order valence-corrected chi connectivity index (χ2v) is 8.29. The summed E-state index contributed by atoms with van der Waals surface area (Å²) in [6.07, 6.45) is -0.177. The van der Waals surface area contributed by atoms with Gasteiger partial charge in [-0.2, -0.15) is 8.78 Å². The Morgan fingerprint density at radius 3 is 2.07 bits per heavy atom. The summed E-state index contributed by atoms with van der Waals surface area (Å²) in [6, 6.07) is 9.41. The Balaban J connectivity index is 2.27. The first-order chi connectivity index (χ1) is 13.9. The molecule has 0 heterocycles. The van der Waals surface area contributed by atoms with Crippen molar-refractivity contribution < 1.29 is 23.0 Å². The summed E-state index contributed by atoms with van der Waals surface area (Å²) < 4.78 is 46.4. The van der Waals surface area contributed by atoms with Crippen LogP contribution in [0, 0.1) is 10.8 Å². The minimum absolute atomic E-state index is 0.0551. The molecule has 8 heteroatoms. The summed E-state index contributed by atoms with van der Waals surface area (Å²) in [6.45, 7) is 6.96. The molecule has 2 N–H and O–H groups in total. The van der Waals surface area contributed by atoms with Crippen LogP contribution in [-0.2, 0) is 15.4 Å². The lowest BCUT2D eigenvalue weighted by atomic mass is 9.99. The monoisotopic (exact) mass is 482 g/mol. The molecule has 2 rings (SSSR count). The maximum absolute atomic E-state index is 15.0. The van der Waals surface area contributed by atoms with E-state index in [1.54, 1.807) is 13.8 Å². The molecule has 0 unspecified atom stereocenters. The third-order valence-corrected chi connectivity index (χ3v) is 4.89. The van der Waals surface area contributed by atoms with Crippen molar-refractivity contribution in [2.45, 2.75) is 45.3 Å². The Morgan fingerprint density at radius 1 is 1.00 bits per heavy atom. The maximum Gasteiger partial charge on any atom is 0.298 e. The quantitative estimate of drug-likeness (QED) is 0.368. The fourth-order valence-corrected chi connectivity index (χ4v) is 3.05. The molecule has 2 aromatic carbocycles. The van der Waals surface area contributed by atoms with E-state index < -0.39 is 11.5 Å². The number of hydrogen-bond acceptors (Lipinski definition) is 5. The van der Waals surface area contributed by atoms with Gasteiger partial charge in [0.1, 0.15) is 5.75 Å². The number of rotatable bonds is 7. The molecule has 0 aromatic heterocycles. The first-order valence-electron chi connectivity index (χ1n) is 9.24. The third-order valence-electron chi connectivity index (χ3n) is 4.27. The highest BCUT2D eigenvalue weighted by Crippen LogP contribution is 2.39. The zero-order chi connectivity index (χ0) is 22.7. The molecule has 0 aliphatic heterocycles. The molecule has 0 spiro atoms. The van der Waals surface area contributed by atoms with E-state index in [4.69, 9.17) is 25.0 Å². The fourth-order valence-electron chi connectivity index (χ4n) is 2.59. The van der Waals surface area contributed by atoms with Crippen molar-refractivity contribution in [3.05, 3.63) is 63.6 Å². The molecule has 2 aromatic rings. The van der Waals surface area contributed by atoms with Crippen molar-refractivity contribution in [2.24, 2.45) is 0 Å². The van der Waals surface area contributed by atoms with Gasteiger partial charge in [-0.05, 0) is 74.0 Å². The average Bonchev–Trinajstić information content (AvgIpc) is 2.68. The van der Waals surface area contributed by atoms with Crippen molar-refractivity contribution in [3.63, 3.8) is 0 Å². The molecule has 0 saturated carbocycles. The second-order valence-electron chi connectivity index (χ2n) is 7.44. The van der Waals surface area contributed by atoms with Crippen molar-refractivity contribution in [2.75, 3.05) is 7.11 Å². The van der Waals surface area contributed by atoms with E-state index >= 15 is 8.78 Å². The predicted octanol–water partition coefficient (Wildman–Crippen LogP) is 6.12. The minimum Gasteiger partial charge on any atom is -0.481 e. The van der Waals surface area contributed by atoms with Gasteiger partial charge in [-0.25, -0.2) is 0 Å². The molecular weight excluding hydrogens is 458 g/mol. The number of ether oxygens (including phenoxy) is 3. The Labute approximate surface area is 183 Å². The summed E-state index contributed by atoms with van der Waals surface area (Å²) in [7, 11) is 1.35. The fraction of sp³-hybridized carbons (Fsp3) is 0.364. The Kier molecular flexibility index (Phi) is 7.23. The number of nitrogens with one attached hydrogen (secondary N) is 2. The lowest BCUT2D eigenvalue weighted by molar-refractivity contribution is 0.0426. The molecule has 162 valence electrons. The summed E-state index contributed by atoms with van der Waals surface area (Å²) >= 11 is 3.29. The number of benzene rings is 2. The zero-order valence-electron chi connectivity index (χ0n) is 17.5. The highest BCUT2D eigenvalue weighted by atomic mass is 79.9. The Hall–Kier alpha value is -2.48. The molecule has 0 radical (unpaired) electrons. The van der Waals surface area contributed by atoms with Gasteiger partial charge in [0.25, 0.3) is 5.92 Å². The van der Waals surface area contributed by atoms with Crippen molar-refractivity contribution in [1.29, 1.82) is 10.8 Å². The Morgan fingerprint density at radius 2 is 1.57 bits per heavy atom. The van der Waals surface area contributed by atoms with E-state index in [9.17, 15) is 0 Å². The van der Waals surface area contributed by atoms with Crippen molar-refractivity contribution >= 4 is 27.7 Å². The number of halogens is 3. The molecule has 0 fully saturated rings. The lowest BCUT2D eigenvalue weighted by Gasteiger charge is -2.28. The molecule has 0 amide bonds. The summed E-state index contributed by atoms with van der Waals surface area (Å²) in [5.74, 6) is -3.08. The molecule has 0 atom stereocenters. The molecule has 0 bridgehead atoms. The topological polar surface area (TPSA) is 75.4 Å². The van der Waals surface area contributed by atoms with Crippen LogP contribution in [0.1, 0.15) is 44.4 Å². The lowest BCUT2D eigenvalue weighted by Crippen LogP contribution is -2.40. The number of hydrogen-bond donors (Lipinski definition) is 2. The van der Waals surface area contributed by atoms with E-state index in [-0.39, 0.29) is 29.0 Å². The highest BCUT2D eigenvalue weighted by Gasteiger charge is 2.35. The van der Waals surface area contributed by atoms with Crippen LogP contribution in [0.4, 0.5) is 8.78 Å². The molecule has 5 nitrogen and oxygen atoms in total. The number of alkyl halides is 2. The molecule has 0 aliphatic rings. The van der Waals surface area contributed by atoms with E-state index in [1.807, 2.05) is 13.8 Å². The first kappa shape index (κ1) is 23.8. The van der Waals surface area contributed by atoms with Crippen LogP contribution in [0.15, 0.2) is 46.9 Å². The summed E-state index contributed by atoms with van der Waals surface area (Å²) in [5, 5.41) is 15.7. The minimum atomic E-state index is -3.25.